The lowest BCUT2D eigenvalue weighted by Crippen LogP contribution is -2.40. The van der Waals surface area contributed by atoms with Crippen LogP contribution < -0.4 is 24.9 Å². The number of nitrogens with one attached hydrogen (secondary N) is 1. The molecular weight excluding hydrogens is 556 g/mol. The third kappa shape index (κ3) is 5.26. The molecule has 0 saturated heterocycles. The number of hydrogen-bond acceptors (Lipinski definition) is 5. The zero-order chi connectivity index (χ0) is 30.2. The number of benzene rings is 3. The molecule has 0 saturated carbocycles. The van der Waals surface area contributed by atoms with E-state index < -0.39 is 6.04 Å². The van der Waals surface area contributed by atoms with Gasteiger partial charge >= 0.3 is 0 Å². The molecule has 216 valence electrons. The van der Waals surface area contributed by atoms with Crippen molar-refractivity contribution < 1.29 is 9.53 Å². The quantitative estimate of drug-likeness (QED) is 0.281. The number of para-hydroxylation sites is 1. The van der Waals surface area contributed by atoms with Gasteiger partial charge in [-0.2, -0.15) is 0 Å². The molecule has 1 aliphatic heterocycles. The highest BCUT2D eigenvalue weighted by molar-refractivity contribution is 7.07. The number of allylic oxidation sites excluding steroid dienone is 1. The first-order valence-electron chi connectivity index (χ1n) is 14.0. The zero-order valence-electron chi connectivity index (χ0n) is 24.7. The van der Waals surface area contributed by atoms with Crippen molar-refractivity contribution in [3.63, 3.8) is 0 Å². The minimum atomic E-state index is -0.683. The van der Waals surface area contributed by atoms with Crippen LogP contribution in [0.3, 0.4) is 0 Å². The Morgan fingerprint density at radius 3 is 2.42 bits per heavy atom. The molecule has 0 fully saturated rings. The van der Waals surface area contributed by atoms with Gasteiger partial charge in [-0.15, -0.1) is 0 Å². The van der Waals surface area contributed by atoms with Crippen molar-refractivity contribution in [2.45, 2.75) is 33.7 Å². The van der Waals surface area contributed by atoms with E-state index >= 15 is 0 Å². The molecule has 0 unspecified atom stereocenters. The Hall–Kier alpha value is -4.95. The SMILES string of the molecule is COc1cccc([C@@H]2C(C(=O)Nc3ccccc3)=C(C)N=c3s/c(=C\c4cc(C)n(-c5ccc(C)cc5)c4C)c(=O)n32)c1. The summed E-state index contributed by atoms with van der Waals surface area (Å²) in [6.45, 7) is 8.02. The molecule has 2 aromatic heterocycles. The van der Waals surface area contributed by atoms with Crippen LogP contribution in [0.25, 0.3) is 11.8 Å². The summed E-state index contributed by atoms with van der Waals surface area (Å²) in [6, 6.07) is 26.6. The first-order valence-corrected chi connectivity index (χ1v) is 14.9. The van der Waals surface area contributed by atoms with Crippen LogP contribution in [0.4, 0.5) is 5.69 Å². The number of methoxy groups -OCH3 is 1. The summed E-state index contributed by atoms with van der Waals surface area (Å²) in [5.74, 6) is 0.330. The van der Waals surface area contributed by atoms with E-state index in [2.05, 4.69) is 61.0 Å². The predicted octanol–water partition coefficient (Wildman–Crippen LogP) is 5.60. The summed E-state index contributed by atoms with van der Waals surface area (Å²) < 4.78 is 9.88. The molecule has 6 rings (SSSR count). The summed E-state index contributed by atoms with van der Waals surface area (Å²) >= 11 is 1.33. The van der Waals surface area contributed by atoms with Crippen LogP contribution in [0, 0.1) is 20.8 Å². The van der Waals surface area contributed by atoms with E-state index in [9.17, 15) is 9.59 Å². The van der Waals surface area contributed by atoms with Crippen LogP contribution >= 0.6 is 11.3 Å². The Kier molecular flexibility index (Phi) is 7.46. The minimum Gasteiger partial charge on any atom is -0.497 e. The average Bonchev–Trinajstić information content (AvgIpc) is 3.46. The molecule has 43 heavy (non-hydrogen) atoms. The molecule has 3 aromatic carbocycles. The molecule has 0 radical (unpaired) electrons. The van der Waals surface area contributed by atoms with Crippen LogP contribution in [0.1, 0.15) is 41.0 Å². The topological polar surface area (TPSA) is 77.6 Å². The van der Waals surface area contributed by atoms with E-state index in [1.54, 1.807) is 11.7 Å². The van der Waals surface area contributed by atoms with E-state index in [1.165, 1.54) is 16.9 Å². The molecule has 1 atom stereocenters. The average molecular weight is 589 g/mol. The minimum absolute atomic E-state index is 0.200. The molecule has 0 bridgehead atoms. The van der Waals surface area contributed by atoms with Crippen molar-refractivity contribution in [2.24, 2.45) is 4.99 Å². The van der Waals surface area contributed by atoms with Gasteiger partial charge in [-0.05, 0) is 87.4 Å². The maximum absolute atomic E-state index is 14.2. The van der Waals surface area contributed by atoms with Gasteiger partial charge in [-0.3, -0.25) is 14.2 Å². The molecule has 0 spiro atoms. The number of hydrogen-bond donors (Lipinski definition) is 1. The molecule has 0 aliphatic carbocycles. The third-order valence-corrected chi connectivity index (χ3v) is 8.74. The second-order valence-electron chi connectivity index (χ2n) is 10.7. The standard InChI is InChI=1S/C35H32N4O3S/c1-21-14-16-28(17-15-21)38-22(2)18-26(24(38)4)20-30-34(41)39-32(25-10-9-13-29(19-25)42-5)31(23(3)36-35(39)43-30)33(40)37-27-11-7-6-8-12-27/h6-20,32H,1-5H3,(H,37,40)/b30-20-/t32-/m1/s1. The van der Waals surface area contributed by atoms with Gasteiger partial charge in [0.05, 0.1) is 29.0 Å². The normalized spacial score (nSPS) is 14.8. The van der Waals surface area contributed by atoms with Gasteiger partial charge in [-0.25, -0.2) is 4.99 Å². The highest BCUT2D eigenvalue weighted by Gasteiger charge is 2.33. The summed E-state index contributed by atoms with van der Waals surface area (Å²) in [5.41, 5.74) is 7.54. The Morgan fingerprint density at radius 1 is 0.953 bits per heavy atom. The van der Waals surface area contributed by atoms with E-state index in [1.807, 2.05) is 67.6 Å². The number of carbonyl (C=O) groups excluding carboxylic acids is 1. The van der Waals surface area contributed by atoms with Gasteiger partial charge in [0, 0.05) is 22.8 Å². The lowest BCUT2D eigenvalue weighted by atomic mass is 9.95. The summed E-state index contributed by atoms with van der Waals surface area (Å²) in [6.07, 6.45) is 1.93. The molecule has 1 N–H and O–H groups in total. The second-order valence-corrected chi connectivity index (χ2v) is 11.7. The van der Waals surface area contributed by atoms with E-state index in [0.717, 1.165) is 28.2 Å². The molecule has 5 aromatic rings. The van der Waals surface area contributed by atoms with Crippen LogP contribution in [0.5, 0.6) is 5.75 Å². The number of rotatable bonds is 6. The molecule has 1 aliphatic rings. The number of carbonyl (C=O) groups is 1. The molecule has 3 heterocycles. The lowest BCUT2D eigenvalue weighted by Gasteiger charge is -2.25. The fourth-order valence-corrected chi connectivity index (χ4v) is 6.66. The Bertz CT molecular complexity index is 2070. The largest absolute Gasteiger partial charge is 0.497 e. The molecule has 1 amide bonds. The van der Waals surface area contributed by atoms with Crippen LogP contribution in [0.15, 0.2) is 106 Å². The number of amides is 1. The van der Waals surface area contributed by atoms with Crippen LogP contribution in [-0.4, -0.2) is 22.2 Å². The lowest BCUT2D eigenvalue weighted by molar-refractivity contribution is -0.113. The highest BCUT2D eigenvalue weighted by atomic mass is 32.1. The summed E-state index contributed by atoms with van der Waals surface area (Å²) in [7, 11) is 1.60. The van der Waals surface area contributed by atoms with Crippen molar-refractivity contribution in [3.8, 4) is 11.4 Å². The van der Waals surface area contributed by atoms with E-state index in [-0.39, 0.29) is 11.5 Å². The maximum atomic E-state index is 14.2. The van der Waals surface area contributed by atoms with Gasteiger partial charge in [0.1, 0.15) is 5.75 Å². The van der Waals surface area contributed by atoms with Crippen molar-refractivity contribution in [2.75, 3.05) is 12.4 Å². The predicted molar refractivity (Wildman–Crippen MR) is 172 cm³/mol. The summed E-state index contributed by atoms with van der Waals surface area (Å²) in [5, 5.41) is 2.99. The Morgan fingerprint density at radius 2 is 1.70 bits per heavy atom. The number of fused-ring (bicyclic) bond motifs is 1. The molecule has 8 heteroatoms. The number of aromatic nitrogens is 2. The molecular formula is C35H32N4O3S. The van der Waals surface area contributed by atoms with Crippen molar-refractivity contribution in [3.05, 3.63) is 144 Å². The van der Waals surface area contributed by atoms with Crippen LogP contribution in [0.2, 0.25) is 0 Å². The van der Waals surface area contributed by atoms with Crippen molar-refractivity contribution >= 4 is 29.0 Å². The third-order valence-electron chi connectivity index (χ3n) is 7.76. The first kappa shape index (κ1) is 28.2. The number of anilines is 1. The van der Waals surface area contributed by atoms with E-state index in [4.69, 9.17) is 9.73 Å². The van der Waals surface area contributed by atoms with Gasteiger partial charge in [-0.1, -0.05) is 59.4 Å². The fourth-order valence-electron chi connectivity index (χ4n) is 5.62. The zero-order valence-corrected chi connectivity index (χ0v) is 25.5. The summed E-state index contributed by atoms with van der Waals surface area (Å²) in [4.78, 5) is 33.3. The first-order chi connectivity index (χ1) is 20.7. The van der Waals surface area contributed by atoms with Crippen molar-refractivity contribution in [1.29, 1.82) is 0 Å². The monoisotopic (exact) mass is 588 g/mol. The van der Waals surface area contributed by atoms with Gasteiger partial charge < -0.3 is 14.6 Å². The Labute approximate surface area is 253 Å². The van der Waals surface area contributed by atoms with E-state index in [0.29, 0.717) is 32.0 Å². The smallest absolute Gasteiger partial charge is 0.271 e. The number of aryl methyl sites for hydroxylation is 2. The van der Waals surface area contributed by atoms with Gasteiger partial charge in [0.25, 0.3) is 11.5 Å². The maximum Gasteiger partial charge on any atom is 0.271 e. The number of thiazole rings is 1. The molecule has 7 nitrogen and oxygen atoms in total. The van der Waals surface area contributed by atoms with Crippen molar-refractivity contribution in [1.82, 2.24) is 9.13 Å². The second kappa shape index (κ2) is 11.4. The highest BCUT2D eigenvalue weighted by Crippen LogP contribution is 2.32. The number of ether oxygens (including phenoxy) is 1. The Balaban J connectivity index is 1.50. The number of nitrogens with zero attached hydrogens (tertiary/aromatic N) is 3. The van der Waals surface area contributed by atoms with Gasteiger partial charge in [0.15, 0.2) is 4.80 Å². The van der Waals surface area contributed by atoms with Crippen LogP contribution in [-0.2, 0) is 4.79 Å². The fraction of sp³-hybridized carbons (Fsp3) is 0.171. The van der Waals surface area contributed by atoms with Gasteiger partial charge in [0.2, 0.25) is 0 Å².